The van der Waals surface area contributed by atoms with Crippen molar-refractivity contribution in [2.24, 2.45) is 0 Å². The first-order valence-corrected chi connectivity index (χ1v) is 5.64. The highest BCUT2D eigenvalue weighted by Gasteiger charge is 2.00. The van der Waals surface area contributed by atoms with Crippen molar-refractivity contribution in [2.45, 2.75) is 6.92 Å². The molecule has 0 aliphatic carbocycles. The van der Waals surface area contributed by atoms with Crippen LogP contribution in [0.5, 0.6) is 0 Å². The zero-order valence-corrected chi connectivity index (χ0v) is 10.4. The number of aryl methyl sites for hydroxylation is 1. The Balaban J connectivity index is 2.28. The van der Waals surface area contributed by atoms with Crippen LogP contribution in [-0.2, 0) is 0 Å². The van der Waals surface area contributed by atoms with Crippen LogP contribution in [0.3, 0.4) is 0 Å². The van der Waals surface area contributed by atoms with Crippen LogP contribution < -0.4 is 5.32 Å². The summed E-state index contributed by atoms with van der Waals surface area (Å²) in [5.74, 6) is 0.627. The molecule has 0 atom stereocenters. The van der Waals surface area contributed by atoms with Crippen molar-refractivity contribution >= 4 is 34.2 Å². The number of nitrogens with zero attached hydrogens (tertiary/aromatic N) is 2. The number of nitrogens with one attached hydrogen (secondary N) is 1. The normalized spacial score (nSPS) is 10.0. The fourth-order valence-corrected chi connectivity index (χ4v) is 1.70. The van der Waals surface area contributed by atoms with Gasteiger partial charge in [0.05, 0.1) is 0 Å². The van der Waals surface area contributed by atoms with E-state index in [1.165, 1.54) is 9.13 Å². The Kier molecular flexibility index (Phi) is 3.15. The molecule has 15 heavy (non-hydrogen) atoms. The van der Waals surface area contributed by atoms with Gasteiger partial charge >= 0.3 is 0 Å². The number of aromatic nitrogens is 2. The summed E-state index contributed by atoms with van der Waals surface area (Å²) in [4.78, 5) is 8.24. The van der Waals surface area contributed by atoms with Crippen molar-refractivity contribution in [1.82, 2.24) is 9.97 Å². The van der Waals surface area contributed by atoms with Gasteiger partial charge in [-0.15, -0.1) is 0 Å². The summed E-state index contributed by atoms with van der Waals surface area (Å²) in [6.45, 7) is 2.06. The molecule has 1 aromatic heterocycles. The molecule has 2 rings (SSSR count). The van der Waals surface area contributed by atoms with E-state index in [0.29, 0.717) is 5.95 Å². The number of halogens is 1. The monoisotopic (exact) mass is 311 g/mol. The zero-order chi connectivity index (χ0) is 10.7. The summed E-state index contributed by atoms with van der Waals surface area (Å²) in [5.41, 5.74) is 2.23. The van der Waals surface area contributed by atoms with Gasteiger partial charge in [-0.2, -0.15) is 0 Å². The molecule has 4 heteroatoms. The molecule has 3 nitrogen and oxygen atoms in total. The topological polar surface area (TPSA) is 37.8 Å². The van der Waals surface area contributed by atoms with Gasteiger partial charge in [-0.1, -0.05) is 6.07 Å². The Hall–Kier alpha value is -1.17. The number of hydrogen-bond acceptors (Lipinski definition) is 3. The Morgan fingerprint density at radius 2 is 1.93 bits per heavy atom. The first kappa shape index (κ1) is 10.4. The van der Waals surface area contributed by atoms with Crippen molar-refractivity contribution in [3.05, 3.63) is 45.8 Å². The molecule has 1 heterocycles. The molecule has 0 aliphatic rings. The highest BCUT2D eigenvalue weighted by Crippen LogP contribution is 2.20. The SMILES string of the molecule is Cc1ccc(I)cc1Nc1ncccn1. The summed E-state index contributed by atoms with van der Waals surface area (Å²) in [6.07, 6.45) is 3.44. The van der Waals surface area contributed by atoms with E-state index in [2.05, 4.69) is 63.0 Å². The molecule has 0 spiro atoms. The Morgan fingerprint density at radius 3 is 2.67 bits per heavy atom. The minimum atomic E-state index is 0.627. The molecule has 0 aliphatic heterocycles. The van der Waals surface area contributed by atoms with Gasteiger partial charge in [0.25, 0.3) is 0 Å². The van der Waals surface area contributed by atoms with Gasteiger partial charge in [0, 0.05) is 21.7 Å². The van der Waals surface area contributed by atoms with Crippen LogP contribution >= 0.6 is 22.6 Å². The van der Waals surface area contributed by atoms with E-state index in [1.54, 1.807) is 18.5 Å². The summed E-state index contributed by atoms with van der Waals surface area (Å²) in [7, 11) is 0. The highest BCUT2D eigenvalue weighted by molar-refractivity contribution is 14.1. The fraction of sp³-hybridized carbons (Fsp3) is 0.0909. The summed E-state index contributed by atoms with van der Waals surface area (Å²) in [5, 5.41) is 3.19. The van der Waals surface area contributed by atoms with Gasteiger partial charge in [-0.25, -0.2) is 9.97 Å². The van der Waals surface area contributed by atoms with E-state index < -0.39 is 0 Å². The Labute approximate surface area is 102 Å². The van der Waals surface area contributed by atoms with E-state index in [1.807, 2.05) is 0 Å². The van der Waals surface area contributed by atoms with Crippen LogP contribution in [0, 0.1) is 10.5 Å². The molecule has 0 saturated carbocycles. The molecule has 0 fully saturated rings. The molecule has 0 radical (unpaired) electrons. The van der Waals surface area contributed by atoms with Gasteiger partial charge in [0.2, 0.25) is 5.95 Å². The minimum absolute atomic E-state index is 0.627. The minimum Gasteiger partial charge on any atom is -0.324 e. The number of benzene rings is 1. The van der Waals surface area contributed by atoms with Gasteiger partial charge in [-0.05, 0) is 53.3 Å². The molecular weight excluding hydrogens is 301 g/mol. The second kappa shape index (κ2) is 4.57. The van der Waals surface area contributed by atoms with Gasteiger partial charge in [0.1, 0.15) is 0 Å². The maximum atomic E-state index is 4.12. The average Bonchev–Trinajstić information content (AvgIpc) is 2.25. The predicted molar refractivity (Wildman–Crippen MR) is 69.2 cm³/mol. The Morgan fingerprint density at radius 1 is 1.20 bits per heavy atom. The lowest BCUT2D eigenvalue weighted by molar-refractivity contribution is 1.16. The van der Waals surface area contributed by atoms with Crippen molar-refractivity contribution in [1.29, 1.82) is 0 Å². The molecular formula is C11H10IN3. The second-order valence-electron chi connectivity index (χ2n) is 3.16. The average molecular weight is 311 g/mol. The summed E-state index contributed by atoms with van der Waals surface area (Å²) < 4.78 is 1.19. The molecule has 0 bridgehead atoms. The lowest BCUT2D eigenvalue weighted by Gasteiger charge is -2.07. The summed E-state index contributed by atoms with van der Waals surface area (Å²) >= 11 is 2.28. The lowest BCUT2D eigenvalue weighted by atomic mass is 10.2. The van der Waals surface area contributed by atoms with Crippen LogP contribution in [0.4, 0.5) is 11.6 Å². The third-order valence-electron chi connectivity index (χ3n) is 2.01. The van der Waals surface area contributed by atoms with Crippen molar-refractivity contribution < 1.29 is 0 Å². The third kappa shape index (κ3) is 2.65. The second-order valence-corrected chi connectivity index (χ2v) is 4.40. The zero-order valence-electron chi connectivity index (χ0n) is 8.24. The maximum absolute atomic E-state index is 4.12. The molecule has 76 valence electrons. The number of anilines is 2. The van der Waals surface area contributed by atoms with E-state index in [-0.39, 0.29) is 0 Å². The van der Waals surface area contributed by atoms with Gasteiger partial charge in [0.15, 0.2) is 0 Å². The predicted octanol–water partition coefficient (Wildman–Crippen LogP) is 3.13. The molecule has 2 aromatic rings. The molecule has 1 N–H and O–H groups in total. The van der Waals surface area contributed by atoms with Crippen LogP contribution in [0.2, 0.25) is 0 Å². The smallest absolute Gasteiger partial charge is 0.227 e. The van der Waals surface area contributed by atoms with Crippen LogP contribution in [-0.4, -0.2) is 9.97 Å². The van der Waals surface area contributed by atoms with Crippen LogP contribution in [0.1, 0.15) is 5.56 Å². The summed E-state index contributed by atoms with van der Waals surface area (Å²) in [6, 6.07) is 8.03. The third-order valence-corrected chi connectivity index (χ3v) is 2.68. The van der Waals surface area contributed by atoms with Crippen molar-refractivity contribution in [3.8, 4) is 0 Å². The highest BCUT2D eigenvalue weighted by atomic mass is 127. The van der Waals surface area contributed by atoms with Crippen molar-refractivity contribution in [3.63, 3.8) is 0 Å². The van der Waals surface area contributed by atoms with Crippen molar-refractivity contribution in [2.75, 3.05) is 5.32 Å². The molecule has 0 unspecified atom stereocenters. The van der Waals surface area contributed by atoms with Gasteiger partial charge < -0.3 is 5.32 Å². The Bertz CT molecular complexity index is 457. The first-order valence-electron chi connectivity index (χ1n) is 4.56. The van der Waals surface area contributed by atoms with E-state index >= 15 is 0 Å². The van der Waals surface area contributed by atoms with E-state index in [4.69, 9.17) is 0 Å². The quantitative estimate of drug-likeness (QED) is 0.866. The van der Waals surface area contributed by atoms with Crippen LogP contribution in [0.15, 0.2) is 36.7 Å². The van der Waals surface area contributed by atoms with E-state index in [9.17, 15) is 0 Å². The number of hydrogen-bond donors (Lipinski definition) is 1. The molecule has 0 saturated heterocycles. The van der Waals surface area contributed by atoms with Gasteiger partial charge in [-0.3, -0.25) is 0 Å². The first-order chi connectivity index (χ1) is 7.25. The molecule has 0 amide bonds. The fourth-order valence-electron chi connectivity index (χ4n) is 1.21. The van der Waals surface area contributed by atoms with E-state index in [0.717, 1.165) is 5.69 Å². The molecule has 1 aromatic carbocycles. The van der Waals surface area contributed by atoms with Crippen LogP contribution in [0.25, 0.3) is 0 Å². The maximum Gasteiger partial charge on any atom is 0.227 e. The number of rotatable bonds is 2. The lowest BCUT2D eigenvalue weighted by Crippen LogP contribution is -1.97. The standard InChI is InChI=1S/C11H10IN3/c1-8-3-4-9(12)7-10(8)15-11-13-5-2-6-14-11/h2-7H,1H3,(H,13,14,15). The largest absolute Gasteiger partial charge is 0.324 e.